The lowest BCUT2D eigenvalue weighted by molar-refractivity contribution is 0.208. The summed E-state index contributed by atoms with van der Waals surface area (Å²) >= 11 is 3.42. The Balaban J connectivity index is 2.49. The van der Waals surface area contributed by atoms with Gasteiger partial charge >= 0.3 is 0 Å². The molecule has 0 saturated heterocycles. The molecular formula is C16H17BrO4. The van der Waals surface area contributed by atoms with Crippen molar-refractivity contribution >= 4 is 15.9 Å². The van der Waals surface area contributed by atoms with E-state index in [-0.39, 0.29) is 0 Å². The van der Waals surface area contributed by atoms with Gasteiger partial charge in [-0.1, -0.05) is 12.1 Å². The van der Waals surface area contributed by atoms with Gasteiger partial charge in [-0.05, 0) is 45.8 Å². The zero-order valence-corrected chi connectivity index (χ0v) is 13.7. The van der Waals surface area contributed by atoms with E-state index in [9.17, 15) is 5.11 Å². The lowest BCUT2D eigenvalue weighted by Gasteiger charge is -2.19. The maximum absolute atomic E-state index is 10.7. The molecule has 1 N–H and O–H groups in total. The van der Waals surface area contributed by atoms with Crippen LogP contribution < -0.4 is 14.2 Å². The molecule has 0 aromatic heterocycles. The summed E-state index contributed by atoms with van der Waals surface area (Å²) < 4.78 is 16.6. The zero-order valence-electron chi connectivity index (χ0n) is 12.1. The highest BCUT2D eigenvalue weighted by Gasteiger charge is 2.21. The van der Waals surface area contributed by atoms with Gasteiger partial charge in [-0.25, -0.2) is 0 Å². The molecule has 112 valence electrons. The lowest BCUT2D eigenvalue weighted by atomic mass is 9.99. The minimum atomic E-state index is -0.863. The van der Waals surface area contributed by atoms with Crippen molar-refractivity contribution in [2.45, 2.75) is 6.10 Å². The molecule has 0 aliphatic carbocycles. The van der Waals surface area contributed by atoms with Crippen molar-refractivity contribution in [1.29, 1.82) is 0 Å². The maximum Gasteiger partial charge on any atom is 0.133 e. The second-order valence-electron chi connectivity index (χ2n) is 4.37. The molecule has 2 aromatic carbocycles. The van der Waals surface area contributed by atoms with E-state index in [1.807, 2.05) is 12.1 Å². The van der Waals surface area contributed by atoms with Crippen LogP contribution in [0.3, 0.4) is 0 Å². The Hall–Kier alpha value is -1.72. The van der Waals surface area contributed by atoms with Crippen molar-refractivity contribution in [2.24, 2.45) is 0 Å². The Bertz CT molecular complexity index is 605. The molecule has 0 bridgehead atoms. The molecule has 2 rings (SSSR count). The standard InChI is InChI=1S/C16H17BrO4/c1-19-12-8-7-10(9-11(12)17)16(18)15-13(20-2)5-4-6-14(15)21-3/h4-9,16,18H,1-3H3. The van der Waals surface area contributed by atoms with Crippen LogP contribution in [-0.4, -0.2) is 26.4 Å². The molecule has 1 unspecified atom stereocenters. The molecule has 2 aromatic rings. The summed E-state index contributed by atoms with van der Waals surface area (Å²) in [4.78, 5) is 0. The summed E-state index contributed by atoms with van der Waals surface area (Å²) in [6, 6.07) is 10.8. The molecule has 1 atom stereocenters. The van der Waals surface area contributed by atoms with Crippen LogP contribution in [0.5, 0.6) is 17.2 Å². The molecule has 0 spiro atoms. The Morgan fingerprint density at radius 2 is 1.48 bits per heavy atom. The van der Waals surface area contributed by atoms with Crippen molar-refractivity contribution in [3.8, 4) is 17.2 Å². The van der Waals surface area contributed by atoms with Gasteiger partial charge in [0.15, 0.2) is 0 Å². The number of hydrogen-bond acceptors (Lipinski definition) is 4. The van der Waals surface area contributed by atoms with Crippen molar-refractivity contribution in [3.05, 3.63) is 52.0 Å². The summed E-state index contributed by atoms with van der Waals surface area (Å²) in [5, 5.41) is 10.7. The minimum absolute atomic E-state index is 0.578. The highest BCUT2D eigenvalue weighted by molar-refractivity contribution is 9.10. The smallest absolute Gasteiger partial charge is 0.133 e. The minimum Gasteiger partial charge on any atom is -0.496 e. The fourth-order valence-corrected chi connectivity index (χ4v) is 2.73. The fraction of sp³-hybridized carbons (Fsp3) is 0.250. The van der Waals surface area contributed by atoms with Gasteiger partial charge in [0.05, 0.1) is 31.4 Å². The van der Waals surface area contributed by atoms with Gasteiger partial charge in [0, 0.05) is 0 Å². The fourth-order valence-electron chi connectivity index (χ4n) is 2.17. The van der Waals surface area contributed by atoms with Crippen molar-refractivity contribution in [2.75, 3.05) is 21.3 Å². The number of rotatable bonds is 5. The maximum atomic E-state index is 10.7. The quantitative estimate of drug-likeness (QED) is 0.893. The SMILES string of the molecule is COc1ccc(C(O)c2c(OC)cccc2OC)cc1Br. The van der Waals surface area contributed by atoms with Gasteiger partial charge in [0.2, 0.25) is 0 Å². The number of benzene rings is 2. The first-order valence-electron chi connectivity index (χ1n) is 6.34. The molecule has 0 radical (unpaired) electrons. The van der Waals surface area contributed by atoms with Crippen LogP contribution in [0, 0.1) is 0 Å². The van der Waals surface area contributed by atoms with Gasteiger partial charge in [-0.15, -0.1) is 0 Å². The van der Waals surface area contributed by atoms with Crippen LogP contribution in [0.2, 0.25) is 0 Å². The molecule has 0 amide bonds. The Morgan fingerprint density at radius 3 is 1.95 bits per heavy atom. The zero-order chi connectivity index (χ0) is 15.4. The second kappa shape index (κ2) is 6.83. The Morgan fingerprint density at radius 1 is 0.905 bits per heavy atom. The first kappa shape index (κ1) is 15.7. The summed E-state index contributed by atoms with van der Waals surface area (Å²) in [7, 11) is 4.73. The van der Waals surface area contributed by atoms with Gasteiger partial charge in [0.25, 0.3) is 0 Å². The molecule has 4 nitrogen and oxygen atoms in total. The van der Waals surface area contributed by atoms with E-state index in [4.69, 9.17) is 14.2 Å². The van der Waals surface area contributed by atoms with E-state index in [1.165, 1.54) is 0 Å². The Labute approximate surface area is 132 Å². The summed E-state index contributed by atoms with van der Waals surface area (Å²) in [6.07, 6.45) is -0.863. The summed E-state index contributed by atoms with van der Waals surface area (Å²) in [5.74, 6) is 1.86. The van der Waals surface area contributed by atoms with Gasteiger partial charge in [-0.3, -0.25) is 0 Å². The number of ether oxygens (including phenoxy) is 3. The number of aliphatic hydroxyl groups excluding tert-OH is 1. The highest BCUT2D eigenvalue weighted by Crippen LogP contribution is 2.38. The van der Waals surface area contributed by atoms with Crippen LogP contribution >= 0.6 is 15.9 Å². The third-order valence-electron chi connectivity index (χ3n) is 3.23. The average molecular weight is 353 g/mol. The lowest BCUT2D eigenvalue weighted by Crippen LogP contribution is -2.05. The number of aliphatic hydroxyl groups is 1. The molecule has 0 saturated carbocycles. The second-order valence-corrected chi connectivity index (χ2v) is 5.23. The number of hydrogen-bond donors (Lipinski definition) is 1. The van der Waals surface area contributed by atoms with E-state index >= 15 is 0 Å². The van der Waals surface area contributed by atoms with Crippen LogP contribution in [0.4, 0.5) is 0 Å². The van der Waals surface area contributed by atoms with Crippen molar-refractivity contribution in [3.63, 3.8) is 0 Å². The van der Waals surface area contributed by atoms with Gasteiger partial charge in [-0.2, -0.15) is 0 Å². The van der Waals surface area contributed by atoms with E-state index in [1.54, 1.807) is 45.6 Å². The predicted octanol–water partition coefficient (Wildman–Crippen LogP) is 3.56. The van der Waals surface area contributed by atoms with Crippen molar-refractivity contribution < 1.29 is 19.3 Å². The topological polar surface area (TPSA) is 47.9 Å². The van der Waals surface area contributed by atoms with Gasteiger partial charge < -0.3 is 19.3 Å². The van der Waals surface area contributed by atoms with Crippen LogP contribution in [0.1, 0.15) is 17.2 Å². The van der Waals surface area contributed by atoms with E-state index in [0.717, 1.165) is 4.47 Å². The molecule has 5 heteroatoms. The molecule has 0 aliphatic heterocycles. The summed E-state index contributed by atoms with van der Waals surface area (Å²) in [6.45, 7) is 0. The van der Waals surface area contributed by atoms with Crippen LogP contribution in [0.15, 0.2) is 40.9 Å². The Kier molecular flexibility index (Phi) is 5.09. The molecule has 0 fully saturated rings. The van der Waals surface area contributed by atoms with E-state index in [2.05, 4.69) is 15.9 Å². The summed E-state index contributed by atoms with van der Waals surface area (Å²) in [5.41, 5.74) is 1.31. The monoisotopic (exact) mass is 352 g/mol. The van der Waals surface area contributed by atoms with Crippen LogP contribution in [-0.2, 0) is 0 Å². The third-order valence-corrected chi connectivity index (χ3v) is 3.85. The first-order valence-corrected chi connectivity index (χ1v) is 7.14. The third kappa shape index (κ3) is 3.14. The largest absolute Gasteiger partial charge is 0.496 e. The number of halogens is 1. The number of methoxy groups -OCH3 is 3. The highest BCUT2D eigenvalue weighted by atomic mass is 79.9. The van der Waals surface area contributed by atoms with E-state index < -0.39 is 6.10 Å². The van der Waals surface area contributed by atoms with Crippen molar-refractivity contribution in [1.82, 2.24) is 0 Å². The predicted molar refractivity (Wildman–Crippen MR) is 84.3 cm³/mol. The molecule has 0 aliphatic rings. The molecular weight excluding hydrogens is 336 g/mol. The van der Waals surface area contributed by atoms with E-state index in [0.29, 0.717) is 28.4 Å². The normalized spacial score (nSPS) is 11.9. The first-order chi connectivity index (χ1) is 10.1. The van der Waals surface area contributed by atoms with Gasteiger partial charge in [0.1, 0.15) is 23.4 Å². The van der Waals surface area contributed by atoms with Crippen LogP contribution in [0.25, 0.3) is 0 Å². The average Bonchev–Trinajstić information content (AvgIpc) is 2.53. The molecule has 21 heavy (non-hydrogen) atoms. The molecule has 0 heterocycles.